The van der Waals surface area contributed by atoms with Crippen LogP contribution in [0.25, 0.3) is 0 Å². The molecule has 0 amide bonds. The lowest BCUT2D eigenvalue weighted by molar-refractivity contribution is -0.125. The quantitative estimate of drug-likeness (QED) is 0.682. The van der Waals surface area contributed by atoms with Crippen LogP contribution in [-0.4, -0.2) is 5.78 Å². The Kier molecular flexibility index (Phi) is 2.61. The Morgan fingerprint density at radius 2 is 1.61 bits per heavy atom. The highest BCUT2D eigenvalue weighted by Crippen LogP contribution is 2.63. The molecule has 4 fully saturated rings. The molecule has 18 heavy (non-hydrogen) atoms. The fraction of sp³-hybridized carbons (Fsp3) is 0.941. The minimum absolute atomic E-state index is 0.363. The number of carbonyl (C=O) groups is 1. The monoisotopic (exact) mass is 246 g/mol. The van der Waals surface area contributed by atoms with Crippen molar-refractivity contribution in [2.75, 3.05) is 0 Å². The minimum atomic E-state index is 0.363. The second-order valence-corrected chi connectivity index (χ2v) is 7.72. The highest BCUT2D eigenvalue weighted by atomic mass is 16.1. The van der Waals surface area contributed by atoms with Crippen LogP contribution in [0.3, 0.4) is 0 Å². The molecule has 7 unspecified atom stereocenters. The molecule has 100 valence electrons. The van der Waals surface area contributed by atoms with Crippen molar-refractivity contribution in [2.45, 2.75) is 58.3 Å². The van der Waals surface area contributed by atoms with Gasteiger partial charge in [-0.25, -0.2) is 0 Å². The predicted molar refractivity (Wildman–Crippen MR) is 72.0 cm³/mol. The maximum absolute atomic E-state index is 11.7. The molecule has 0 aromatic carbocycles. The Morgan fingerprint density at radius 1 is 0.833 bits per heavy atom. The van der Waals surface area contributed by atoms with Gasteiger partial charge in [-0.15, -0.1) is 0 Å². The van der Waals surface area contributed by atoms with Crippen LogP contribution in [0, 0.1) is 41.4 Å². The van der Waals surface area contributed by atoms with Gasteiger partial charge in [0.1, 0.15) is 5.78 Å². The third-order valence-corrected chi connectivity index (χ3v) is 7.05. The molecule has 1 nitrogen and oxygen atoms in total. The number of hydrogen-bond donors (Lipinski definition) is 0. The smallest absolute Gasteiger partial charge is 0.135 e. The lowest BCUT2D eigenvalue weighted by Gasteiger charge is -2.39. The molecular weight excluding hydrogens is 220 g/mol. The summed E-state index contributed by atoms with van der Waals surface area (Å²) >= 11 is 0. The molecule has 0 saturated heterocycles. The fourth-order valence-electron chi connectivity index (χ4n) is 6.33. The zero-order chi connectivity index (χ0) is 12.3. The molecular formula is C17H26O. The first kappa shape index (κ1) is 11.5. The molecule has 4 aliphatic rings. The van der Waals surface area contributed by atoms with Crippen LogP contribution in [0.1, 0.15) is 58.3 Å². The van der Waals surface area contributed by atoms with E-state index in [2.05, 4.69) is 6.92 Å². The SMILES string of the molecule is CC1CC(C2CC3CC2C2CCCC32)CCC1=O. The van der Waals surface area contributed by atoms with Gasteiger partial charge in [0.05, 0.1) is 0 Å². The third kappa shape index (κ3) is 1.55. The molecule has 0 aromatic rings. The van der Waals surface area contributed by atoms with Gasteiger partial charge in [0.15, 0.2) is 0 Å². The number of hydrogen-bond acceptors (Lipinski definition) is 1. The summed E-state index contributed by atoms with van der Waals surface area (Å²) in [6.45, 7) is 2.17. The van der Waals surface area contributed by atoms with Gasteiger partial charge in [-0.2, -0.15) is 0 Å². The molecule has 2 bridgehead atoms. The van der Waals surface area contributed by atoms with E-state index in [0.717, 1.165) is 41.9 Å². The van der Waals surface area contributed by atoms with Gasteiger partial charge in [-0.3, -0.25) is 4.79 Å². The Labute approximate surface area is 111 Å². The third-order valence-electron chi connectivity index (χ3n) is 7.05. The van der Waals surface area contributed by atoms with Crippen molar-refractivity contribution >= 4 is 5.78 Å². The molecule has 7 atom stereocenters. The van der Waals surface area contributed by atoms with Crippen molar-refractivity contribution < 1.29 is 4.79 Å². The first-order valence-electron chi connectivity index (χ1n) is 8.26. The molecule has 0 N–H and O–H groups in total. The predicted octanol–water partition coefficient (Wildman–Crippen LogP) is 4.06. The van der Waals surface area contributed by atoms with Gasteiger partial charge in [-0.05, 0) is 74.0 Å². The second kappa shape index (κ2) is 4.08. The summed E-state index contributed by atoms with van der Waals surface area (Å²) in [5.74, 6) is 7.17. The molecule has 4 aliphatic carbocycles. The lowest BCUT2D eigenvalue weighted by Crippen LogP contribution is -2.34. The summed E-state index contributed by atoms with van der Waals surface area (Å²) in [5.41, 5.74) is 0. The maximum atomic E-state index is 11.7. The van der Waals surface area contributed by atoms with Crippen LogP contribution in [0.5, 0.6) is 0 Å². The molecule has 0 radical (unpaired) electrons. The van der Waals surface area contributed by atoms with Crippen molar-refractivity contribution in [1.82, 2.24) is 0 Å². The topological polar surface area (TPSA) is 17.1 Å². The largest absolute Gasteiger partial charge is 0.299 e. The van der Waals surface area contributed by atoms with Crippen LogP contribution >= 0.6 is 0 Å². The lowest BCUT2D eigenvalue weighted by atomic mass is 9.66. The first-order chi connectivity index (χ1) is 8.74. The Balaban J connectivity index is 1.49. The van der Waals surface area contributed by atoms with Crippen LogP contribution in [0.4, 0.5) is 0 Å². The summed E-state index contributed by atoms with van der Waals surface area (Å²) in [6.07, 6.45) is 11.0. The molecule has 0 aliphatic heterocycles. The highest BCUT2D eigenvalue weighted by Gasteiger charge is 2.55. The number of Topliss-reactive ketones (excluding diaryl/α,β-unsaturated/α-hetero) is 1. The van der Waals surface area contributed by atoms with Gasteiger partial charge < -0.3 is 0 Å². The zero-order valence-electron chi connectivity index (χ0n) is 11.6. The molecule has 0 aromatic heterocycles. The first-order valence-corrected chi connectivity index (χ1v) is 8.26. The van der Waals surface area contributed by atoms with E-state index >= 15 is 0 Å². The Morgan fingerprint density at radius 3 is 2.44 bits per heavy atom. The van der Waals surface area contributed by atoms with E-state index < -0.39 is 0 Å². The van der Waals surface area contributed by atoms with E-state index in [-0.39, 0.29) is 0 Å². The number of carbonyl (C=O) groups excluding carboxylic acids is 1. The van der Waals surface area contributed by atoms with Crippen molar-refractivity contribution in [3.63, 3.8) is 0 Å². The van der Waals surface area contributed by atoms with E-state index in [4.69, 9.17) is 0 Å². The van der Waals surface area contributed by atoms with Gasteiger partial charge >= 0.3 is 0 Å². The van der Waals surface area contributed by atoms with E-state index in [1.165, 1.54) is 38.5 Å². The summed E-state index contributed by atoms with van der Waals surface area (Å²) in [7, 11) is 0. The summed E-state index contributed by atoms with van der Waals surface area (Å²) in [6, 6.07) is 0. The minimum Gasteiger partial charge on any atom is -0.299 e. The van der Waals surface area contributed by atoms with Gasteiger partial charge in [0, 0.05) is 12.3 Å². The standard InChI is InChI=1S/C17H26O/c1-10-7-11(5-6-17(10)18)15-8-12-9-16(15)14-4-2-3-13(12)14/h10-16H,2-9H2,1H3. The van der Waals surface area contributed by atoms with E-state index in [1.54, 1.807) is 6.42 Å². The highest BCUT2D eigenvalue weighted by molar-refractivity contribution is 5.81. The van der Waals surface area contributed by atoms with Gasteiger partial charge in [0.2, 0.25) is 0 Å². The van der Waals surface area contributed by atoms with E-state index in [0.29, 0.717) is 11.7 Å². The zero-order valence-corrected chi connectivity index (χ0v) is 11.6. The van der Waals surface area contributed by atoms with Crippen LogP contribution in [0.15, 0.2) is 0 Å². The summed E-state index contributed by atoms with van der Waals surface area (Å²) in [4.78, 5) is 11.7. The van der Waals surface area contributed by atoms with Crippen molar-refractivity contribution in [1.29, 1.82) is 0 Å². The average Bonchev–Trinajstić information content (AvgIpc) is 3.01. The van der Waals surface area contributed by atoms with Crippen molar-refractivity contribution in [2.24, 2.45) is 41.4 Å². The Bertz CT molecular complexity index is 361. The normalized spacial score (nSPS) is 54.9. The molecule has 1 heteroatoms. The van der Waals surface area contributed by atoms with Gasteiger partial charge in [0.25, 0.3) is 0 Å². The fourth-order valence-corrected chi connectivity index (χ4v) is 6.33. The number of rotatable bonds is 1. The van der Waals surface area contributed by atoms with Crippen LogP contribution in [0.2, 0.25) is 0 Å². The number of fused-ring (bicyclic) bond motifs is 5. The van der Waals surface area contributed by atoms with Crippen LogP contribution < -0.4 is 0 Å². The maximum Gasteiger partial charge on any atom is 0.135 e. The van der Waals surface area contributed by atoms with Crippen molar-refractivity contribution in [3.05, 3.63) is 0 Å². The van der Waals surface area contributed by atoms with Gasteiger partial charge in [-0.1, -0.05) is 13.3 Å². The average molecular weight is 246 g/mol. The Hall–Kier alpha value is -0.330. The summed E-state index contributed by atoms with van der Waals surface area (Å²) < 4.78 is 0. The molecule has 0 heterocycles. The van der Waals surface area contributed by atoms with Crippen molar-refractivity contribution in [3.8, 4) is 0 Å². The number of ketones is 1. The van der Waals surface area contributed by atoms with E-state index in [9.17, 15) is 4.79 Å². The second-order valence-electron chi connectivity index (χ2n) is 7.72. The van der Waals surface area contributed by atoms with Crippen LogP contribution in [-0.2, 0) is 4.79 Å². The molecule has 4 rings (SSSR count). The molecule has 0 spiro atoms. The van der Waals surface area contributed by atoms with E-state index in [1.807, 2.05) is 0 Å². The summed E-state index contributed by atoms with van der Waals surface area (Å²) in [5, 5.41) is 0. The molecule has 4 saturated carbocycles.